The molecule has 1 aromatic carbocycles. The molecular weight excluding hydrogens is 178 g/mol. The molecule has 14 heavy (non-hydrogen) atoms. The summed E-state index contributed by atoms with van der Waals surface area (Å²) < 4.78 is 0. The second-order valence-electron chi connectivity index (χ2n) is 3.36. The Kier molecular flexibility index (Phi) is 2.26. The van der Waals surface area contributed by atoms with Crippen LogP contribution in [0.5, 0.6) is 0 Å². The van der Waals surface area contributed by atoms with E-state index in [2.05, 4.69) is 10.6 Å². The van der Waals surface area contributed by atoms with E-state index < -0.39 is 0 Å². The zero-order chi connectivity index (χ0) is 9.97. The van der Waals surface area contributed by atoms with Crippen molar-refractivity contribution in [3.63, 3.8) is 0 Å². The highest BCUT2D eigenvalue weighted by atomic mass is 16.1. The van der Waals surface area contributed by atoms with Crippen LogP contribution in [0.4, 0.5) is 11.4 Å². The highest BCUT2D eigenvalue weighted by Gasteiger charge is 2.18. The van der Waals surface area contributed by atoms with Crippen LogP contribution in [0.2, 0.25) is 0 Å². The lowest BCUT2D eigenvalue weighted by atomic mass is 10.2. The van der Waals surface area contributed by atoms with Crippen molar-refractivity contribution in [3.05, 3.63) is 24.3 Å². The Morgan fingerprint density at radius 3 is 2.79 bits per heavy atom. The van der Waals surface area contributed by atoms with E-state index in [4.69, 9.17) is 5.73 Å². The molecular formula is C10H13N3O. The zero-order valence-electron chi connectivity index (χ0n) is 7.79. The van der Waals surface area contributed by atoms with E-state index in [-0.39, 0.29) is 11.9 Å². The minimum absolute atomic E-state index is 0.272. The molecule has 0 spiro atoms. The third kappa shape index (κ3) is 1.64. The van der Waals surface area contributed by atoms with E-state index in [1.165, 1.54) is 0 Å². The smallest absolute Gasteiger partial charge is 0.239 e. The summed E-state index contributed by atoms with van der Waals surface area (Å²) in [5, 5.41) is 6.36. The molecule has 1 aromatic rings. The highest BCUT2D eigenvalue weighted by Crippen LogP contribution is 2.24. The van der Waals surface area contributed by atoms with E-state index in [1.807, 2.05) is 24.3 Å². The fourth-order valence-electron chi connectivity index (χ4n) is 1.59. The molecule has 0 bridgehead atoms. The number of anilines is 2. The first kappa shape index (κ1) is 8.87. The maximum Gasteiger partial charge on any atom is 0.239 e. The molecule has 0 aromatic heterocycles. The summed E-state index contributed by atoms with van der Waals surface area (Å²) in [5.74, 6) is -0.302. The SMILES string of the molecule is NC(=O)C1CCNc2ccccc2N1. The van der Waals surface area contributed by atoms with Crippen molar-refractivity contribution in [1.82, 2.24) is 0 Å². The van der Waals surface area contributed by atoms with Crippen LogP contribution in [0.15, 0.2) is 24.3 Å². The summed E-state index contributed by atoms with van der Waals surface area (Å²) in [5.41, 5.74) is 7.23. The van der Waals surface area contributed by atoms with Crippen LogP contribution in [-0.4, -0.2) is 18.5 Å². The van der Waals surface area contributed by atoms with Crippen molar-refractivity contribution in [2.45, 2.75) is 12.5 Å². The molecule has 1 atom stereocenters. The van der Waals surface area contributed by atoms with E-state index in [0.717, 1.165) is 17.9 Å². The number of rotatable bonds is 1. The average Bonchev–Trinajstić information content (AvgIpc) is 2.39. The zero-order valence-corrected chi connectivity index (χ0v) is 7.79. The molecule has 0 saturated heterocycles. The molecule has 2 rings (SSSR count). The number of fused-ring (bicyclic) bond motifs is 1. The molecule has 74 valence electrons. The van der Waals surface area contributed by atoms with Gasteiger partial charge in [-0.05, 0) is 18.6 Å². The summed E-state index contributed by atoms with van der Waals surface area (Å²) in [4.78, 5) is 11.0. The maximum absolute atomic E-state index is 11.0. The van der Waals surface area contributed by atoms with Gasteiger partial charge < -0.3 is 16.4 Å². The maximum atomic E-state index is 11.0. The molecule has 0 fully saturated rings. The monoisotopic (exact) mass is 191 g/mol. The summed E-state index contributed by atoms with van der Waals surface area (Å²) in [6.07, 6.45) is 0.712. The summed E-state index contributed by atoms with van der Waals surface area (Å²) in [7, 11) is 0. The molecule has 0 radical (unpaired) electrons. The summed E-state index contributed by atoms with van der Waals surface area (Å²) in [6, 6.07) is 7.52. The van der Waals surface area contributed by atoms with Crippen LogP contribution in [0, 0.1) is 0 Å². The molecule has 1 heterocycles. The first-order valence-electron chi connectivity index (χ1n) is 4.66. The van der Waals surface area contributed by atoms with E-state index in [1.54, 1.807) is 0 Å². The summed E-state index contributed by atoms with van der Waals surface area (Å²) in [6.45, 7) is 0.762. The number of nitrogens with one attached hydrogen (secondary N) is 2. The highest BCUT2D eigenvalue weighted by molar-refractivity contribution is 5.85. The number of hydrogen-bond acceptors (Lipinski definition) is 3. The predicted octanol–water partition coefficient (Wildman–Crippen LogP) is 0.768. The van der Waals surface area contributed by atoms with Crippen LogP contribution < -0.4 is 16.4 Å². The fraction of sp³-hybridized carbons (Fsp3) is 0.300. The van der Waals surface area contributed by atoms with Crippen molar-refractivity contribution in [1.29, 1.82) is 0 Å². The van der Waals surface area contributed by atoms with E-state index in [0.29, 0.717) is 6.42 Å². The largest absolute Gasteiger partial charge is 0.383 e. The van der Waals surface area contributed by atoms with Gasteiger partial charge in [0.15, 0.2) is 0 Å². The minimum Gasteiger partial charge on any atom is -0.383 e. The number of carbonyl (C=O) groups is 1. The Hall–Kier alpha value is -1.71. The molecule has 0 saturated carbocycles. The summed E-state index contributed by atoms with van der Waals surface area (Å²) >= 11 is 0. The topological polar surface area (TPSA) is 67.2 Å². The molecule has 4 N–H and O–H groups in total. The Morgan fingerprint density at radius 2 is 2.07 bits per heavy atom. The number of carbonyl (C=O) groups excluding carboxylic acids is 1. The van der Waals surface area contributed by atoms with Crippen molar-refractivity contribution in [2.24, 2.45) is 5.73 Å². The fourth-order valence-corrected chi connectivity index (χ4v) is 1.59. The lowest BCUT2D eigenvalue weighted by molar-refractivity contribution is -0.118. The molecule has 4 nitrogen and oxygen atoms in total. The molecule has 1 amide bonds. The number of primary amides is 1. The number of para-hydroxylation sites is 2. The quantitative estimate of drug-likeness (QED) is 0.614. The van der Waals surface area contributed by atoms with Gasteiger partial charge >= 0.3 is 0 Å². The van der Waals surface area contributed by atoms with E-state index in [9.17, 15) is 4.79 Å². The van der Waals surface area contributed by atoms with Crippen molar-refractivity contribution < 1.29 is 4.79 Å². The van der Waals surface area contributed by atoms with Crippen molar-refractivity contribution >= 4 is 17.3 Å². The number of amides is 1. The van der Waals surface area contributed by atoms with E-state index >= 15 is 0 Å². The molecule has 4 heteroatoms. The van der Waals surface area contributed by atoms with Gasteiger partial charge in [-0.15, -0.1) is 0 Å². The second-order valence-corrected chi connectivity index (χ2v) is 3.36. The van der Waals surface area contributed by atoms with Gasteiger partial charge in [-0.1, -0.05) is 12.1 Å². The van der Waals surface area contributed by atoms with Gasteiger partial charge in [0.25, 0.3) is 0 Å². The van der Waals surface area contributed by atoms with Gasteiger partial charge in [0.1, 0.15) is 6.04 Å². The van der Waals surface area contributed by atoms with Gasteiger partial charge in [-0.2, -0.15) is 0 Å². The van der Waals surface area contributed by atoms with Crippen LogP contribution >= 0.6 is 0 Å². The third-order valence-electron chi connectivity index (χ3n) is 2.35. The minimum atomic E-state index is -0.302. The van der Waals surface area contributed by atoms with Gasteiger partial charge in [-0.25, -0.2) is 0 Å². The second kappa shape index (κ2) is 3.57. The van der Waals surface area contributed by atoms with Gasteiger partial charge in [-0.3, -0.25) is 4.79 Å². The molecule has 1 aliphatic rings. The third-order valence-corrected chi connectivity index (χ3v) is 2.35. The van der Waals surface area contributed by atoms with Crippen LogP contribution in [0.3, 0.4) is 0 Å². The lowest BCUT2D eigenvalue weighted by Gasteiger charge is -2.13. The molecule has 0 aliphatic carbocycles. The van der Waals surface area contributed by atoms with Gasteiger partial charge in [0.05, 0.1) is 11.4 Å². The Bertz CT molecular complexity index is 351. The average molecular weight is 191 g/mol. The normalized spacial score (nSPS) is 19.9. The number of hydrogen-bond donors (Lipinski definition) is 3. The predicted molar refractivity (Wildman–Crippen MR) is 56.2 cm³/mol. The standard InChI is InChI=1S/C10H13N3O/c11-10(14)9-5-6-12-7-3-1-2-4-8(7)13-9/h1-4,9,12-13H,5-6H2,(H2,11,14). The number of nitrogens with two attached hydrogens (primary N) is 1. The van der Waals surface area contributed by atoms with Crippen LogP contribution in [-0.2, 0) is 4.79 Å². The Morgan fingerprint density at radius 1 is 1.36 bits per heavy atom. The molecule has 1 unspecified atom stereocenters. The lowest BCUT2D eigenvalue weighted by Crippen LogP contribution is -2.35. The Balaban J connectivity index is 2.26. The number of benzene rings is 1. The van der Waals surface area contributed by atoms with Gasteiger partial charge in [0, 0.05) is 6.54 Å². The first-order chi connectivity index (χ1) is 6.77. The van der Waals surface area contributed by atoms with Crippen LogP contribution in [0.1, 0.15) is 6.42 Å². The molecule has 1 aliphatic heterocycles. The Labute approximate surface area is 82.5 Å². The first-order valence-corrected chi connectivity index (χ1v) is 4.66. The van der Waals surface area contributed by atoms with Crippen molar-refractivity contribution in [2.75, 3.05) is 17.2 Å². The van der Waals surface area contributed by atoms with Crippen molar-refractivity contribution in [3.8, 4) is 0 Å². The van der Waals surface area contributed by atoms with Gasteiger partial charge in [0.2, 0.25) is 5.91 Å². The van der Waals surface area contributed by atoms with Crippen LogP contribution in [0.25, 0.3) is 0 Å².